The van der Waals surface area contributed by atoms with Crippen molar-refractivity contribution >= 4 is 22.6 Å². The molecule has 0 amide bonds. The molecule has 2 saturated heterocycles. The highest BCUT2D eigenvalue weighted by Crippen LogP contribution is 2.24. The third-order valence-corrected chi connectivity index (χ3v) is 7.53. The monoisotopic (exact) mass is 523 g/mol. The number of ether oxygens (including phenoxy) is 2. The molecule has 2 aliphatic rings. The predicted octanol–water partition coefficient (Wildman–Crippen LogP) is 4.71. The van der Waals surface area contributed by atoms with Crippen LogP contribution >= 0.6 is 0 Å². The van der Waals surface area contributed by atoms with Gasteiger partial charge in [0.2, 0.25) is 5.95 Å². The number of piperidine rings is 1. The van der Waals surface area contributed by atoms with Gasteiger partial charge >= 0.3 is 0 Å². The Balaban J connectivity index is 1.07. The van der Waals surface area contributed by atoms with Crippen molar-refractivity contribution in [3.8, 4) is 0 Å². The Morgan fingerprint density at radius 2 is 2.00 bits per heavy atom. The molecule has 1 N–H and O–H groups in total. The van der Waals surface area contributed by atoms with Gasteiger partial charge in [-0.1, -0.05) is 6.92 Å². The zero-order chi connectivity index (χ0) is 26.3. The molecule has 204 valence electrons. The van der Waals surface area contributed by atoms with Crippen LogP contribution < -0.4 is 10.2 Å². The quantitative estimate of drug-likeness (QED) is 0.365. The first-order valence-electron chi connectivity index (χ1n) is 13.9. The summed E-state index contributed by atoms with van der Waals surface area (Å²) in [5.41, 5.74) is 2.70. The van der Waals surface area contributed by atoms with E-state index in [0.29, 0.717) is 24.0 Å². The number of hydrogen-bond acceptors (Lipinski definition) is 7. The van der Waals surface area contributed by atoms with E-state index in [2.05, 4.69) is 37.9 Å². The highest BCUT2D eigenvalue weighted by molar-refractivity contribution is 5.96. The first-order valence-corrected chi connectivity index (χ1v) is 13.9. The van der Waals surface area contributed by atoms with Gasteiger partial charge in [-0.2, -0.15) is 0 Å². The number of carbonyl (C=O) groups is 1. The normalized spacial score (nSPS) is 18.8. The van der Waals surface area contributed by atoms with Crippen LogP contribution in [0.5, 0.6) is 0 Å². The lowest BCUT2D eigenvalue weighted by Crippen LogP contribution is -2.38. The lowest BCUT2D eigenvalue weighted by atomic mass is 9.97. The summed E-state index contributed by atoms with van der Waals surface area (Å²) < 4.78 is 27.2. The number of ketones is 1. The number of nitrogens with zero attached hydrogens (tertiary/aromatic N) is 4. The molecule has 3 aromatic rings. The molecular formula is C29H38FN5O3. The van der Waals surface area contributed by atoms with Gasteiger partial charge in [-0.3, -0.25) is 4.79 Å². The molecule has 2 fully saturated rings. The van der Waals surface area contributed by atoms with E-state index in [1.54, 1.807) is 18.5 Å². The van der Waals surface area contributed by atoms with Crippen LogP contribution in [0.25, 0.3) is 10.9 Å². The SMILES string of the molecule is CCCn1cc(CNCC2CCN(c3ncc(C(=O)COC4CCCCO4)cn3)CC2)c2cc(F)ccc21. The zero-order valence-electron chi connectivity index (χ0n) is 22.2. The van der Waals surface area contributed by atoms with Crippen LogP contribution in [0, 0.1) is 11.7 Å². The number of aryl methyl sites for hydroxylation is 1. The Hall–Kier alpha value is -2.88. The van der Waals surface area contributed by atoms with E-state index in [1.165, 1.54) is 6.07 Å². The van der Waals surface area contributed by atoms with E-state index in [4.69, 9.17) is 9.47 Å². The van der Waals surface area contributed by atoms with E-state index in [1.807, 2.05) is 6.07 Å². The molecule has 1 atom stereocenters. The topological polar surface area (TPSA) is 81.5 Å². The number of nitrogens with one attached hydrogen (secondary N) is 1. The number of benzene rings is 1. The molecule has 1 unspecified atom stereocenters. The molecule has 5 rings (SSSR count). The van der Waals surface area contributed by atoms with Gasteiger partial charge in [0.15, 0.2) is 12.1 Å². The van der Waals surface area contributed by atoms with Crippen molar-refractivity contribution in [3.05, 3.63) is 53.7 Å². The maximum absolute atomic E-state index is 13.9. The third kappa shape index (κ3) is 6.57. The van der Waals surface area contributed by atoms with Gasteiger partial charge in [0, 0.05) is 62.3 Å². The average molecular weight is 524 g/mol. The minimum absolute atomic E-state index is 0.0141. The Kier molecular flexibility index (Phi) is 8.98. The Labute approximate surface area is 223 Å². The first-order chi connectivity index (χ1) is 18.6. The van der Waals surface area contributed by atoms with Crippen molar-refractivity contribution in [2.75, 3.05) is 37.7 Å². The fraction of sp³-hybridized carbons (Fsp3) is 0.552. The van der Waals surface area contributed by atoms with Crippen molar-refractivity contribution in [1.82, 2.24) is 19.9 Å². The summed E-state index contributed by atoms with van der Waals surface area (Å²) in [4.78, 5) is 23.5. The lowest BCUT2D eigenvalue weighted by Gasteiger charge is -2.32. The van der Waals surface area contributed by atoms with Crippen LogP contribution in [0.2, 0.25) is 0 Å². The second-order valence-corrected chi connectivity index (χ2v) is 10.4. The molecule has 0 spiro atoms. The summed E-state index contributed by atoms with van der Waals surface area (Å²) in [7, 11) is 0. The Morgan fingerprint density at radius 3 is 2.74 bits per heavy atom. The van der Waals surface area contributed by atoms with Gasteiger partial charge < -0.3 is 24.3 Å². The number of hydrogen-bond donors (Lipinski definition) is 1. The smallest absolute Gasteiger partial charge is 0.225 e. The molecule has 1 aromatic carbocycles. The van der Waals surface area contributed by atoms with Gasteiger partial charge in [0.25, 0.3) is 0 Å². The molecule has 4 heterocycles. The fourth-order valence-electron chi connectivity index (χ4n) is 5.38. The van der Waals surface area contributed by atoms with Gasteiger partial charge in [-0.25, -0.2) is 14.4 Å². The van der Waals surface area contributed by atoms with Gasteiger partial charge in [-0.15, -0.1) is 0 Å². The van der Waals surface area contributed by atoms with E-state index >= 15 is 0 Å². The summed E-state index contributed by atoms with van der Waals surface area (Å²) in [5.74, 6) is 0.903. The van der Waals surface area contributed by atoms with E-state index in [0.717, 1.165) is 87.7 Å². The zero-order valence-corrected chi connectivity index (χ0v) is 22.2. The maximum Gasteiger partial charge on any atom is 0.225 e. The number of halogens is 1. The van der Waals surface area contributed by atoms with Crippen molar-refractivity contribution < 1.29 is 18.7 Å². The fourth-order valence-corrected chi connectivity index (χ4v) is 5.38. The van der Waals surface area contributed by atoms with Crippen molar-refractivity contribution in [3.63, 3.8) is 0 Å². The molecule has 0 bridgehead atoms. The van der Waals surface area contributed by atoms with Gasteiger partial charge in [0.05, 0.1) is 5.56 Å². The van der Waals surface area contributed by atoms with Crippen LogP contribution in [0.1, 0.15) is 61.4 Å². The number of Topliss-reactive ketones (excluding diaryl/α,β-unsaturated/α-hetero) is 1. The largest absolute Gasteiger partial charge is 0.353 e. The highest BCUT2D eigenvalue weighted by atomic mass is 19.1. The maximum atomic E-state index is 13.9. The number of aromatic nitrogens is 3. The van der Waals surface area contributed by atoms with Crippen LogP contribution in [-0.4, -0.2) is 59.5 Å². The number of fused-ring (bicyclic) bond motifs is 1. The standard InChI is InChI=1S/C29H38FN5O3/c1-2-10-35-19-23(25-14-24(30)6-7-26(25)35)16-31-15-21-8-11-34(12-9-21)29-32-17-22(18-33-29)27(36)20-38-28-5-3-4-13-37-28/h6-7,14,17-19,21,28,31H,2-5,8-13,15-16,20H2,1H3. The summed E-state index contributed by atoms with van der Waals surface area (Å²) >= 11 is 0. The predicted molar refractivity (Wildman–Crippen MR) is 145 cm³/mol. The molecule has 0 aliphatic carbocycles. The molecule has 2 aliphatic heterocycles. The third-order valence-electron chi connectivity index (χ3n) is 7.53. The summed E-state index contributed by atoms with van der Waals surface area (Å²) in [5, 5.41) is 4.60. The molecule has 0 radical (unpaired) electrons. The Morgan fingerprint density at radius 1 is 1.18 bits per heavy atom. The van der Waals surface area contributed by atoms with Crippen molar-refractivity contribution in [1.29, 1.82) is 0 Å². The lowest BCUT2D eigenvalue weighted by molar-refractivity contribution is -0.155. The molecular weight excluding hydrogens is 485 g/mol. The summed E-state index contributed by atoms with van der Waals surface area (Å²) in [6, 6.07) is 5.06. The van der Waals surface area contributed by atoms with E-state index in [-0.39, 0.29) is 24.5 Å². The van der Waals surface area contributed by atoms with Crippen LogP contribution in [-0.2, 0) is 22.6 Å². The molecule has 8 nitrogen and oxygen atoms in total. The van der Waals surface area contributed by atoms with Crippen LogP contribution in [0.15, 0.2) is 36.8 Å². The van der Waals surface area contributed by atoms with Crippen molar-refractivity contribution in [2.24, 2.45) is 5.92 Å². The van der Waals surface area contributed by atoms with Crippen LogP contribution in [0.3, 0.4) is 0 Å². The van der Waals surface area contributed by atoms with Gasteiger partial charge in [0.1, 0.15) is 12.4 Å². The van der Waals surface area contributed by atoms with Crippen LogP contribution in [0.4, 0.5) is 10.3 Å². The summed E-state index contributed by atoms with van der Waals surface area (Å²) in [6.07, 6.45) is 11.1. The Bertz CT molecular complexity index is 1200. The second-order valence-electron chi connectivity index (χ2n) is 10.4. The first kappa shape index (κ1) is 26.7. The minimum atomic E-state index is -0.284. The molecule has 0 saturated carbocycles. The minimum Gasteiger partial charge on any atom is -0.353 e. The van der Waals surface area contributed by atoms with Crippen molar-refractivity contribution in [2.45, 2.75) is 64.8 Å². The second kappa shape index (κ2) is 12.8. The van der Waals surface area contributed by atoms with E-state index in [9.17, 15) is 9.18 Å². The summed E-state index contributed by atoms with van der Waals surface area (Å²) in [6.45, 7) is 7.17. The van der Waals surface area contributed by atoms with E-state index < -0.39 is 0 Å². The number of rotatable bonds is 11. The van der Waals surface area contributed by atoms with Gasteiger partial charge in [-0.05, 0) is 74.8 Å². The molecule has 9 heteroatoms. The number of carbonyl (C=O) groups excluding carboxylic acids is 1. The average Bonchev–Trinajstić information content (AvgIpc) is 3.29. The molecule has 2 aromatic heterocycles. The highest BCUT2D eigenvalue weighted by Gasteiger charge is 2.22. The number of anilines is 1. The molecule has 38 heavy (non-hydrogen) atoms.